The second kappa shape index (κ2) is 7.39. The minimum Gasteiger partial charge on any atom is -0.455 e. The molecule has 0 radical (unpaired) electrons. The van der Waals surface area contributed by atoms with Crippen LogP contribution in [0.3, 0.4) is 0 Å². The van der Waals surface area contributed by atoms with Crippen LogP contribution >= 0.6 is 7.82 Å². The second-order valence-electron chi connectivity index (χ2n) is 5.85. The van der Waals surface area contributed by atoms with Crippen molar-refractivity contribution in [2.45, 2.75) is 58.7 Å². The predicted molar refractivity (Wildman–Crippen MR) is 88.0 cm³/mol. The molecule has 132 valence electrons. The topological polar surface area (TPSA) is 63.2 Å². The Morgan fingerprint density at radius 1 is 1.00 bits per heavy atom. The van der Waals surface area contributed by atoms with Crippen LogP contribution in [-0.2, 0) is 29.3 Å². The van der Waals surface area contributed by atoms with Crippen LogP contribution < -0.4 is 4.74 Å². The number of ether oxygens (including phenoxy) is 2. The largest absolute Gasteiger partial charge is 0.654 e. The lowest BCUT2D eigenvalue weighted by molar-refractivity contribution is -0.0802. The molecule has 3 aliphatic heterocycles. The number of rotatable bonds is 10. The van der Waals surface area contributed by atoms with Gasteiger partial charge in [-0.1, -0.05) is 38.8 Å². The van der Waals surface area contributed by atoms with Gasteiger partial charge in [0.15, 0.2) is 0 Å². The molecule has 1 atom stereocenters. The first-order valence-electron chi connectivity index (χ1n) is 8.47. The Morgan fingerprint density at radius 3 is 2.29 bits per heavy atom. The Morgan fingerprint density at radius 2 is 1.71 bits per heavy atom. The molecule has 7 heteroatoms. The molecule has 1 unspecified atom stereocenters. The standard InChI is InChI=1S/C17H23O6P/c1-3-5-7-13-9-11-14(12-10-13)19-15(8-6-4-2)20-16-17-22-24(18,21-16)23-17/h9-12,15H,3-8H2,1-2H3. The summed E-state index contributed by atoms with van der Waals surface area (Å²) in [4.78, 5) is 0. The predicted octanol–water partition coefficient (Wildman–Crippen LogP) is 5.25. The molecule has 1 aromatic carbocycles. The highest BCUT2D eigenvalue weighted by atomic mass is 31.2. The van der Waals surface area contributed by atoms with Crippen LogP contribution in [0.4, 0.5) is 0 Å². The van der Waals surface area contributed by atoms with E-state index in [1.807, 2.05) is 12.1 Å². The van der Waals surface area contributed by atoms with Gasteiger partial charge in [-0.3, -0.25) is 0 Å². The van der Waals surface area contributed by atoms with Crippen LogP contribution in [0.2, 0.25) is 0 Å². The third-order valence-electron chi connectivity index (χ3n) is 3.79. The van der Waals surface area contributed by atoms with Crippen molar-refractivity contribution in [2.75, 3.05) is 0 Å². The fourth-order valence-corrected chi connectivity index (χ4v) is 3.39. The Labute approximate surface area is 142 Å². The van der Waals surface area contributed by atoms with Crippen molar-refractivity contribution in [1.29, 1.82) is 0 Å². The fraction of sp³-hybridized carbons (Fsp3) is 0.529. The lowest BCUT2D eigenvalue weighted by Gasteiger charge is -2.19. The second-order valence-corrected chi connectivity index (χ2v) is 7.29. The summed E-state index contributed by atoms with van der Waals surface area (Å²) in [6, 6.07) is 8.01. The molecule has 2 bridgehead atoms. The van der Waals surface area contributed by atoms with Gasteiger partial charge in [-0.2, -0.15) is 4.57 Å². The summed E-state index contributed by atoms with van der Waals surface area (Å²) in [6.45, 7) is 4.27. The van der Waals surface area contributed by atoms with E-state index in [2.05, 4.69) is 26.0 Å². The zero-order valence-corrected chi connectivity index (χ0v) is 14.9. The van der Waals surface area contributed by atoms with Crippen molar-refractivity contribution in [3.63, 3.8) is 0 Å². The van der Waals surface area contributed by atoms with E-state index in [-0.39, 0.29) is 11.9 Å². The van der Waals surface area contributed by atoms with Gasteiger partial charge in [-0.05, 0) is 37.0 Å². The minimum absolute atomic E-state index is 0.0130. The molecule has 0 N–H and O–H groups in total. The van der Waals surface area contributed by atoms with Gasteiger partial charge in [-0.15, -0.1) is 0 Å². The quantitative estimate of drug-likeness (QED) is 0.422. The highest BCUT2D eigenvalue weighted by Gasteiger charge is 2.58. The molecule has 0 spiro atoms. The average molecular weight is 354 g/mol. The van der Waals surface area contributed by atoms with E-state index < -0.39 is 14.1 Å². The molecular formula is C17H23O6P. The number of phosphoric ester groups is 1. The van der Waals surface area contributed by atoms with Crippen LogP contribution in [0.25, 0.3) is 0 Å². The number of aryl methyl sites for hydroxylation is 1. The van der Waals surface area contributed by atoms with Crippen molar-refractivity contribution in [1.82, 2.24) is 0 Å². The summed E-state index contributed by atoms with van der Waals surface area (Å²) in [5, 5.41) is 0. The minimum atomic E-state index is -3.39. The van der Waals surface area contributed by atoms with Crippen molar-refractivity contribution in [3.05, 3.63) is 41.7 Å². The van der Waals surface area contributed by atoms with Crippen LogP contribution in [0, 0.1) is 0 Å². The molecule has 0 aliphatic carbocycles. The number of hydrogen-bond acceptors (Lipinski definition) is 6. The Bertz CT molecular complexity index is 627. The Hall–Kier alpha value is -1.81. The molecule has 0 amide bonds. The van der Waals surface area contributed by atoms with Gasteiger partial charge in [-0.25, -0.2) is 0 Å². The normalized spacial score (nSPS) is 18.1. The van der Waals surface area contributed by atoms with Crippen molar-refractivity contribution in [3.8, 4) is 5.75 Å². The highest BCUT2D eigenvalue weighted by Crippen LogP contribution is 2.70. The van der Waals surface area contributed by atoms with E-state index in [1.54, 1.807) is 0 Å². The van der Waals surface area contributed by atoms with E-state index in [0.717, 1.165) is 25.0 Å². The number of fused-ring (bicyclic) bond motifs is 1. The lowest BCUT2D eigenvalue weighted by atomic mass is 10.1. The first-order chi connectivity index (χ1) is 11.6. The molecule has 0 saturated carbocycles. The fourth-order valence-electron chi connectivity index (χ4n) is 2.43. The van der Waals surface area contributed by atoms with Crippen LogP contribution in [-0.4, -0.2) is 6.29 Å². The van der Waals surface area contributed by atoms with E-state index in [4.69, 9.17) is 23.0 Å². The molecule has 4 rings (SSSR count). The van der Waals surface area contributed by atoms with Gasteiger partial charge in [0.05, 0.1) is 0 Å². The number of phosphoric acid groups is 1. The molecule has 6 nitrogen and oxygen atoms in total. The first kappa shape index (κ1) is 17.0. The van der Waals surface area contributed by atoms with E-state index in [1.165, 1.54) is 18.4 Å². The van der Waals surface area contributed by atoms with E-state index in [0.29, 0.717) is 6.42 Å². The summed E-state index contributed by atoms with van der Waals surface area (Å²) in [5.74, 6) is 0.776. The molecule has 3 heterocycles. The smallest absolute Gasteiger partial charge is 0.455 e. The molecule has 3 aliphatic rings. The summed E-state index contributed by atoms with van der Waals surface area (Å²) in [7, 11) is -3.39. The van der Waals surface area contributed by atoms with Gasteiger partial charge in [0.2, 0.25) is 6.29 Å². The highest BCUT2D eigenvalue weighted by molar-refractivity contribution is 7.50. The monoisotopic (exact) mass is 354 g/mol. The first-order valence-corrected chi connectivity index (χ1v) is 9.93. The third-order valence-corrected chi connectivity index (χ3v) is 4.96. The summed E-state index contributed by atoms with van der Waals surface area (Å²) < 4.78 is 37.8. The lowest BCUT2D eigenvalue weighted by Crippen LogP contribution is -2.20. The van der Waals surface area contributed by atoms with E-state index >= 15 is 0 Å². The number of unbranched alkanes of at least 4 members (excludes halogenated alkanes) is 2. The summed E-state index contributed by atoms with van der Waals surface area (Å²) in [5.41, 5.74) is 1.29. The molecule has 1 saturated heterocycles. The van der Waals surface area contributed by atoms with Gasteiger partial charge in [0.1, 0.15) is 5.75 Å². The van der Waals surface area contributed by atoms with Gasteiger partial charge in [0.25, 0.3) is 0 Å². The third kappa shape index (κ3) is 3.99. The maximum Gasteiger partial charge on any atom is 0.654 e. The van der Waals surface area contributed by atoms with Crippen molar-refractivity contribution in [2.24, 2.45) is 0 Å². The van der Waals surface area contributed by atoms with Gasteiger partial charge < -0.3 is 23.0 Å². The van der Waals surface area contributed by atoms with Crippen LogP contribution in [0.5, 0.6) is 5.75 Å². The number of hydrogen-bond donors (Lipinski definition) is 0. The van der Waals surface area contributed by atoms with Crippen molar-refractivity contribution >= 4 is 7.82 Å². The van der Waals surface area contributed by atoms with E-state index in [9.17, 15) is 4.57 Å². The molecule has 0 aromatic heterocycles. The molecule has 24 heavy (non-hydrogen) atoms. The Kier molecular flexibility index (Phi) is 5.24. The summed E-state index contributed by atoms with van der Waals surface area (Å²) in [6.07, 6.45) is 5.50. The zero-order valence-electron chi connectivity index (χ0n) is 14.0. The molecular weight excluding hydrogens is 331 g/mol. The zero-order chi connectivity index (χ0) is 17.0. The van der Waals surface area contributed by atoms with Crippen LogP contribution in [0.1, 0.15) is 51.5 Å². The average Bonchev–Trinajstić information content (AvgIpc) is 3.03. The van der Waals surface area contributed by atoms with Crippen LogP contribution in [0.15, 0.2) is 36.2 Å². The number of benzene rings is 1. The Balaban J connectivity index is 1.59. The molecule has 1 fully saturated rings. The summed E-state index contributed by atoms with van der Waals surface area (Å²) >= 11 is 0. The molecule has 1 aromatic rings. The van der Waals surface area contributed by atoms with Gasteiger partial charge in [0, 0.05) is 6.42 Å². The van der Waals surface area contributed by atoms with Gasteiger partial charge >= 0.3 is 19.7 Å². The maximum absolute atomic E-state index is 11.5. The SMILES string of the molecule is CCCCc1ccc(OC(CCCC)OC2=C3OP(=O)(O2)O3)cc1. The maximum atomic E-state index is 11.5. The van der Waals surface area contributed by atoms with Crippen molar-refractivity contribution < 1.29 is 27.6 Å².